The molecular weight excluding hydrogens is 418 g/mol. The summed E-state index contributed by atoms with van der Waals surface area (Å²) in [5, 5.41) is 3.40. The van der Waals surface area contributed by atoms with Gasteiger partial charge in [-0.25, -0.2) is 19.6 Å². The van der Waals surface area contributed by atoms with Gasteiger partial charge in [-0.3, -0.25) is 4.90 Å². The zero-order chi connectivity index (χ0) is 22.6. The highest BCUT2D eigenvalue weighted by molar-refractivity contribution is 6.30. The second kappa shape index (κ2) is 9.62. The van der Waals surface area contributed by atoms with Gasteiger partial charge in [0.1, 0.15) is 11.9 Å². The van der Waals surface area contributed by atoms with Crippen molar-refractivity contribution in [3.05, 3.63) is 53.1 Å². The minimum atomic E-state index is -0.563. The van der Waals surface area contributed by atoms with E-state index in [-0.39, 0.29) is 17.4 Å². The van der Waals surface area contributed by atoms with Crippen molar-refractivity contribution in [2.45, 2.75) is 32.2 Å². The summed E-state index contributed by atoms with van der Waals surface area (Å²) in [4.78, 5) is 37.5. The number of methoxy groups -OCH3 is 1. The zero-order valence-corrected chi connectivity index (χ0v) is 19.0. The number of hydrogen-bond acceptors (Lipinski definition) is 6. The van der Waals surface area contributed by atoms with E-state index in [1.807, 2.05) is 37.8 Å². The number of nitrogens with zero attached hydrogens (tertiary/aromatic N) is 4. The fourth-order valence-corrected chi connectivity index (χ4v) is 3.65. The van der Waals surface area contributed by atoms with Crippen molar-refractivity contribution in [3.8, 4) is 0 Å². The van der Waals surface area contributed by atoms with Crippen LogP contribution >= 0.6 is 11.6 Å². The van der Waals surface area contributed by atoms with Gasteiger partial charge in [-0.2, -0.15) is 0 Å². The number of halogens is 1. The van der Waals surface area contributed by atoms with Gasteiger partial charge in [-0.05, 0) is 17.7 Å². The van der Waals surface area contributed by atoms with Gasteiger partial charge in [-0.15, -0.1) is 0 Å². The molecule has 0 bridgehead atoms. The number of nitrogens with one attached hydrogen (secondary N) is 1. The van der Waals surface area contributed by atoms with E-state index in [1.54, 1.807) is 29.4 Å². The molecule has 1 aromatic heterocycles. The molecule has 0 saturated carbocycles. The number of hydrogen-bond donors (Lipinski definition) is 1. The number of amides is 2. The lowest BCUT2D eigenvalue weighted by Gasteiger charge is -2.38. The van der Waals surface area contributed by atoms with Crippen LogP contribution in [0.25, 0.3) is 0 Å². The van der Waals surface area contributed by atoms with Gasteiger partial charge in [0.25, 0.3) is 0 Å². The first-order valence-electron chi connectivity index (χ1n) is 10.1. The monoisotopic (exact) mass is 445 g/mol. The van der Waals surface area contributed by atoms with E-state index in [9.17, 15) is 9.59 Å². The summed E-state index contributed by atoms with van der Waals surface area (Å²) < 4.78 is 5.02. The predicted molar refractivity (Wildman–Crippen MR) is 119 cm³/mol. The fourth-order valence-electron chi connectivity index (χ4n) is 3.45. The Hall–Kier alpha value is -2.71. The molecule has 1 aromatic carbocycles. The molecule has 166 valence electrons. The minimum Gasteiger partial charge on any atom is -0.468 e. The predicted octanol–water partition coefficient (Wildman–Crippen LogP) is 3.49. The van der Waals surface area contributed by atoms with Crippen molar-refractivity contribution in [1.82, 2.24) is 19.8 Å². The fraction of sp³-hybridized carbons (Fsp3) is 0.455. The van der Waals surface area contributed by atoms with Crippen LogP contribution in [0.3, 0.4) is 0 Å². The van der Waals surface area contributed by atoms with Crippen molar-refractivity contribution in [2.75, 3.05) is 38.6 Å². The maximum atomic E-state index is 12.7. The van der Waals surface area contributed by atoms with Crippen LogP contribution in [0.1, 0.15) is 38.2 Å². The van der Waals surface area contributed by atoms with Crippen LogP contribution in [-0.4, -0.2) is 65.1 Å². The van der Waals surface area contributed by atoms with Crippen LogP contribution in [-0.2, 0) is 14.9 Å². The standard InChI is InChI=1S/C22H28ClN5O3/c1-22(2,3)20-24-13-17(14-25-20)26-21(30)28-10-8-27(9-11-28)18(19(29)31-4)15-6-5-7-16(23)12-15/h5-7,12-14,18H,8-11H2,1-4H3,(H,26,30)/t18-/m1/s1. The van der Waals surface area contributed by atoms with Crippen molar-refractivity contribution in [3.63, 3.8) is 0 Å². The number of anilines is 1. The average molecular weight is 446 g/mol. The summed E-state index contributed by atoms with van der Waals surface area (Å²) in [5.74, 6) is 0.366. The molecule has 1 N–H and O–H groups in total. The minimum absolute atomic E-state index is 0.155. The summed E-state index contributed by atoms with van der Waals surface area (Å²) in [5.41, 5.74) is 1.16. The van der Waals surface area contributed by atoms with E-state index in [0.29, 0.717) is 42.7 Å². The first-order valence-corrected chi connectivity index (χ1v) is 10.5. The third-order valence-corrected chi connectivity index (χ3v) is 5.36. The highest BCUT2D eigenvalue weighted by atomic mass is 35.5. The molecule has 3 rings (SSSR count). The van der Waals surface area contributed by atoms with E-state index in [0.717, 1.165) is 5.56 Å². The van der Waals surface area contributed by atoms with E-state index in [1.165, 1.54) is 7.11 Å². The third-order valence-electron chi connectivity index (χ3n) is 5.13. The van der Waals surface area contributed by atoms with Crippen molar-refractivity contribution in [2.24, 2.45) is 0 Å². The summed E-state index contributed by atoms with van der Waals surface area (Å²) in [7, 11) is 1.37. The Kier molecular flexibility index (Phi) is 7.12. The smallest absolute Gasteiger partial charge is 0.327 e. The summed E-state index contributed by atoms with van der Waals surface area (Å²) in [6.07, 6.45) is 3.24. The SMILES string of the molecule is COC(=O)[C@@H](c1cccc(Cl)c1)N1CCN(C(=O)Nc2cnc(C(C)(C)C)nc2)CC1. The van der Waals surface area contributed by atoms with Crippen molar-refractivity contribution in [1.29, 1.82) is 0 Å². The van der Waals surface area contributed by atoms with Gasteiger partial charge in [-0.1, -0.05) is 44.5 Å². The lowest BCUT2D eigenvalue weighted by atomic mass is 9.96. The zero-order valence-electron chi connectivity index (χ0n) is 18.3. The average Bonchev–Trinajstić information content (AvgIpc) is 2.74. The number of aromatic nitrogens is 2. The van der Waals surface area contributed by atoms with Crippen LogP contribution in [0.2, 0.25) is 5.02 Å². The number of piperazine rings is 1. The third kappa shape index (κ3) is 5.71. The maximum Gasteiger partial charge on any atom is 0.327 e. The number of urea groups is 1. The topological polar surface area (TPSA) is 87.7 Å². The quantitative estimate of drug-likeness (QED) is 0.725. The van der Waals surface area contributed by atoms with Crippen LogP contribution in [0, 0.1) is 0 Å². The van der Waals surface area contributed by atoms with E-state index in [4.69, 9.17) is 16.3 Å². The molecule has 1 atom stereocenters. The second-order valence-corrected chi connectivity index (χ2v) is 8.92. The molecule has 31 heavy (non-hydrogen) atoms. The van der Waals surface area contributed by atoms with Crippen LogP contribution in [0.15, 0.2) is 36.7 Å². The molecule has 8 nitrogen and oxygen atoms in total. The Balaban J connectivity index is 1.62. The van der Waals surface area contributed by atoms with E-state index < -0.39 is 6.04 Å². The first kappa shape index (κ1) is 23.0. The molecule has 9 heteroatoms. The molecule has 0 aliphatic carbocycles. The maximum absolute atomic E-state index is 12.7. The van der Waals surface area contributed by atoms with E-state index in [2.05, 4.69) is 15.3 Å². The highest BCUT2D eigenvalue weighted by Gasteiger charge is 2.32. The molecular formula is C22H28ClN5O3. The van der Waals surface area contributed by atoms with Gasteiger partial charge >= 0.3 is 12.0 Å². The molecule has 1 aliphatic rings. The van der Waals surface area contributed by atoms with Gasteiger partial charge in [0.05, 0.1) is 25.2 Å². The summed E-state index contributed by atoms with van der Waals surface area (Å²) >= 11 is 6.11. The highest BCUT2D eigenvalue weighted by Crippen LogP contribution is 2.26. The molecule has 2 heterocycles. The lowest BCUT2D eigenvalue weighted by molar-refractivity contribution is -0.148. The van der Waals surface area contributed by atoms with Crippen molar-refractivity contribution < 1.29 is 14.3 Å². The number of ether oxygens (including phenoxy) is 1. The first-order chi connectivity index (χ1) is 14.7. The van der Waals surface area contributed by atoms with E-state index >= 15 is 0 Å². The molecule has 2 aromatic rings. The number of carbonyl (C=O) groups excluding carboxylic acids is 2. The summed E-state index contributed by atoms with van der Waals surface area (Å²) in [6.45, 7) is 8.10. The molecule has 0 spiro atoms. The van der Waals surface area contributed by atoms with Gasteiger partial charge in [0.2, 0.25) is 0 Å². The van der Waals surface area contributed by atoms with Gasteiger partial charge < -0.3 is 15.0 Å². The Morgan fingerprint density at radius 3 is 2.32 bits per heavy atom. The molecule has 1 aliphatic heterocycles. The Labute approximate surface area is 187 Å². The number of rotatable bonds is 4. The molecule has 1 fully saturated rings. The largest absolute Gasteiger partial charge is 0.468 e. The number of carbonyl (C=O) groups is 2. The van der Waals surface area contributed by atoms with Gasteiger partial charge in [0, 0.05) is 36.6 Å². The summed E-state index contributed by atoms with van der Waals surface area (Å²) in [6, 6.07) is 6.41. The lowest BCUT2D eigenvalue weighted by Crippen LogP contribution is -2.52. The molecule has 0 radical (unpaired) electrons. The molecule has 0 unspecified atom stereocenters. The Morgan fingerprint density at radius 2 is 1.77 bits per heavy atom. The van der Waals surface area contributed by atoms with Gasteiger partial charge in [0.15, 0.2) is 0 Å². The Morgan fingerprint density at radius 1 is 1.13 bits per heavy atom. The van der Waals surface area contributed by atoms with Crippen molar-refractivity contribution >= 4 is 29.3 Å². The number of benzene rings is 1. The normalized spacial score (nSPS) is 16.0. The Bertz CT molecular complexity index is 921. The van der Waals surface area contributed by atoms with Crippen LogP contribution < -0.4 is 5.32 Å². The van der Waals surface area contributed by atoms with Crippen LogP contribution in [0.5, 0.6) is 0 Å². The van der Waals surface area contributed by atoms with Crippen LogP contribution in [0.4, 0.5) is 10.5 Å². The molecule has 2 amide bonds. The number of esters is 1. The second-order valence-electron chi connectivity index (χ2n) is 8.48. The molecule has 1 saturated heterocycles.